The van der Waals surface area contributed by atoms with Crippen molar-refractivity contribution in [3.8, 4) is 5.82 Å². The molecule has 3 aromatic rings. The van der Waals surface area contributed by atoms with E-state index in [0.717, 1.165) is 10.9 Å². The van der Waals surface area contributed by atoms with Gasteiger partial charge in [-0.15, -0.1) is 0 Å². The number of halogens is 1. The van der Waals surface area contributed by atoms with E-state index in [9.17, 15) is 15.0 Å². The molecule has 4 rings (SSSR count). The second-order valence-corrected chi connectivity index (χ2v) is 6.69. The van der Waals surface area contributed by atoms with E-state index in [2.05, 4.69) is 15.1 Å². The first-order valence-electron chi connectivity index (χ1n) is 8.39. The molecule has 0 bridgehead atoms. The maximum absolute atomic E-state index is 11.2. The molecule has 9 nitrogen and oxygen atoms in total. The minimum Gasteiger partial charge on any atom is -0.465 e. The minimum atomic E-state index is -1.04. The first kappa shape index (κ1) is 17.5. The summed E-state index contributed by atoms with van der Waals surface area (Å²) < 4.78 is 1.67. The van der Waals surface area contributed by atoms with E-state index >= 15 is 0 Å². The number of amides is 1. The van der Waals surface area contributed by atoms with Gasteiger partial charge in [-0.25, -0.2) is 19.4 Å². The second kappa shape index (κ2) is 7.01. The van der Waals surface area contributed by atoms with Crippen LogP contribution in [-0.2, 0) is 0 Å². The van der Waals surface area contributed by atoms with Gasteiger partial charge in [0.1, 0.15) is 11.0 Å². The Morgan fingerprint density at radius 3 is 2.81 bits per heavy atom. The van der Waals surface area contributed by atoms with Crippen molar-refractivity contribution in [2.45, 2.75) is 6.10 Å². The van der Waals surface area contributed by atoms with Crippen LogP contribution in [0, 0.1) is 0 Å². The van der Waals surface area contributed by atoms with Crippen molar-refractivity contribution >= 4 is 34.4 Å². The number of anilines is 1. The normalized spacial score (nSPS) is 17.9. The summed E-state index contributed by atoms with van der Waals surface area (Å²) in [5.74, 6) is 1.24. The molecule has 0 radical (unpaired) electrons. The Bertz CT molecular complexity index is 994. The molecule has 1 aliphatic heterocycles. The Morgan fingerprint density at radius 1 is 1.19 bits per heavy atom. The summed E-state index contributed by atoms with van der Waals surface area (Å²) in [6.07, 6.45) is 1.51. The van der Waals surface area contributed by atoms with Gasteiger partial charge in [-0.3, -0.25) is 0 Å². The van der Waals surface area contributed by atoms with Gasteiger partial charge in [0.05, 0.1) is 24.4 Å². The molecule has 3 aromatic heterocycles. The summed E-state index contributed by atoms with van der Waals surface area (Å²) >= 11 is 6.00. The smallest absolute Gasteiger partial charge is 0.407 e. The Morgan fingerprint density at radius 2 is 2.00 bits per heavy atom. The molecule has 27 heavy (non-hydrogen) atoms. The van der Waals surface area contributed by atoms with Crippen molar-refractivity contribution < 1.29 is 15.0 Å². The first-order valence-corrected chi connectivity index (χ1v) is 8.76. The summed E-state index contributed by atoms with van der Waals surface area (Å²) in [5.41, 5.74) is 0.785. The van der Waals surface area contributed by atoms with Gasteiger partial charge in [0, 0.05) is 37.3 Å². The van der Waals surface area contributed by atoms with Crippen molar-refractivity contribution in [3.63, 3.8) is 0 Å². The third kappa shape index (κ3) is 3.51. The fraction of sp³-hybridized carbons (Fsp3) is 0.294. The number of aromatic nitrogens is 4. The van der Waals surface area contributed by atoms with E-state index in [1.165, 1.54) is 4.90 Å². The van der Waals surface area contributed by atoms with Crippen molar-refractivity contribution in [1.82, 2.24) is 24.6 Å². The predicted octanol–water partition coefficient (Wildman–Crippen LogP) is 1.63. The molecular formula is C17H17ClN6O3. The number of fused-ring (bicyclic) bond motifs is 1. The van der Waals surface area contributed by atoms with E-state index in [4.69, 9.17) is 11.6 Å². The lowest BCUT2D eigenvalue weighted by Crippen LogP contribution is -2.36. The minimum absolute atomic E-state index is 0.0841. The molecule has 1 fully saturated rings. The molecule has 1 unspecified atom stereocenters. The first-order chi connectivity index (χ1) is 13.0. The maximum atomic E-state index is 11.2. The van der Waals surface area contributed by atoms with Gasteiger partial charge >= 0.3 is 6.09 Å². The molecule has 0 aliphatic carbocycles. The summed E-state index contributed by atoms with van der Waals surface area (Å²) in [6.45, 7) is 1.12. The monoisotopic (exact) mass is 388 g/mol. The Kier molecular flexibility index (Phi) is 4.54. The summed E-state index contributed by atoms with van der Waals surface area (Å²) in [4.78, 5) is 23.0. The molecule has 140 valence electrons. The van der Waals surface area contributed by atoms with Crippen molar-refractivity contribution in [2.24, 2.45) is 0 Å². The Labute approximate surface area is 159 Å². The molecular weight excluding hydrogens is 372 g/mol. The van der Waals surface area contributed by atoms with Crippen LogP contribution in [0.2, 0.25) is 5.15 Å². The Balaban J connectivity index is 1.66. The SMILES string of the molecule is O=C(O)N1CCN(c2cccc(-n3ncc4cnc(Cl)cc43)n2)CC(O)C1. The highest BCUT2D eigenvalue weighted by molar-refractivity contribution is 6.30. The van der Waals surface area contributed by atoms with E-state index in [1.54, 1.807) is 23.1 Å². The van der Waals surface area contributed by atoms with E-state index in [-0.39, 0.29) is 6.54 Å². The molecule has 10 heteroatoms. The van der Waals surface area contributed by atoms with Crippen molar-refractivity contribution in [1.29, 1.82) is 0 Å². The third-order valence-electron chi connectivity index (χ3n) is 4.45. The van der Waals surface area contributed by atoms with E-state index in [1.807, 2.05) is 23.1 Å². The van der Waals surface area contributed by atoms with Crippen LogP contribution >= 0.6 is 11.6 Å². The number of aliphatic hydroxyl groups excluding tert-OH is 1. The molecule has 2 N–H and O–H groups in total. The number of carbonyl (C=O) groups is 1. The van der Waals surface area contributed by atoms with Crippen LogP contribution in [0.1, 0.15) is 0 Å². The number of β-amino-alcohol motifs (C(OH)–C–C–N with tert-alkyl or cyclic N) is 1. The fourth-order valence-corrected chi connectivity index (χ4v) is 3.31. The third-order valence-corrected chi connectivity index (χ3v) is 4.66. The average molecular weight is 389 g/mol. The van der Waals surface area contributed by atoms with E-state index in [0.29, 0.717) is 36.4 Å². The van der Waals surface area contributed by atoms with Gasteiger partial charge < -0.3 is 20.0 Å². The lowest BCUT2D eigenvalue weighted by Gasteiger charge is -2.23. The molecule has 1 amide bonds. The van der Waals surface area contributed by atoms with Crippen LogP contribution < -0.4 is 4.90 Å². The topological polar surface area (TPSA) is 108 Å². The van der Waals surface area contributed by atoms with Crippen LogP contribution in [-0.4, -0.2) is 73.2 Å². The van der Waals surface area contributed by atoms with E-state index < -0.39 is 12.2 Å². The van der Waals surface area contributed by atoms with Crippen molar-refractivity contribution in [3.05, 3.63) is 41.8 Å². The van der Waals surface area contributed by atoms with Crippen LogP contribution in [0.5, 0.6) is 0 Å². The van der Waals surface area contributed by atoms with Crippen LogP contribution in [0.25, 0.3) is 16.7 Å². The number of hydrogen-bond acceptors (Lipinski definition) is 6. The van der Waals surface area contributed by atoms with Gasteiger partial charge in [-0.2, -0.15) is 5.10 Å². The van der Waals surface area contributed by atoms with Gasteiger partial charge in [-0.1, -0.05) is 17.7 Å². The number of rotatable bonds is 2. The standard InChI is InChI=1S/C17H17ClN6O3/c18-14-6-13-11(7-19-14)8-20-24(13)16-3-1-2-15(21-16)22-4-5-23(17(26)27)10-12(25)9-22/h1-3,6-8,12,25H,4-5,9-10H2,(H,26,27). The summed E-state index contributed by atoms with van der Waals surface area (Å²) in [5, 5.41) is 24.9. The van der Waals surface area contributed by atoms with Gasteiger partial charge in [0.2, 0.25) is 0 Å². The fourth-order valence-electron chi connectivity index (χ4n) is 3.16. The van der Waals surface area contributed by atoms with Crippen molar-refractivity contribution in [2.75, 3.05) is 31.1 Å². The lowest BCUT2D eigenvalue weighted by molar-refractivity contribution is 0.110. The zero-order valence-corrected chi connectivity index (χ0v) is 15.0. The Hall–Kier alpha value is -2.91. The molecule has 0 saturated carbocycles. The number of pyridine rings is 2. The van der Waals surface area contributed by atoms with Gasteiger partial charge in [0.25, 0.3) is 0 Å². The lowest BCUT2D eigenvalue weighted by atomic mass is 10.3. The second-order valence-electron chi connectivity index (χ2n) is 6.30. The molecule has 0 aromatic carbocycles. The molecule has 0 spiro atoms. The summed E-state index contributed by atoms with van der Waals surface area (Å²) in [7, 11) is 0. The molecule has 4 heterocycles. The predicted molar refractivity (Wildman–Crippen MR) is 99.5 cm³/mol. The average Bonchev–Trinajstić information content (AvgIpc) is 2.95. The number of carboxylic acid groups (broad SMARTS) is 1. The molecule has 1 saturated heterocycles. The van der Waals surface area contributed by atoms with Crippen LogP contribution in [0.4, 0.5) is 10.6 Å². The maximum Gasteiger partial charge on any atom is 0.407 e. The quantitative estimate of drug-likeness (QED) is 0.642. The summed E-state index contributed by atoms with van der Waals surface area (Å²) in [6, 6.07) is 7.22. The number of hydrogen-bond donors (Lipinski definition) is 2. The van der Waals surface area contributed by atoms with Crippen LogP contribution in [0.15, 0.2) is 36.7 Å². The highest BCUT2D eigenvalue weighted by atomic mass is 35.5. The highest BCUT2D eigenvalue weighted by Gasteiger charge is 2.25. The number of nitrogens with zero attached hydrogens (tertiary/aromatic N) is 6. The van der Waals surface area contributed by atoms with Crippen LogP contribution in [0.3, 0.4) is 0 Å². The highest BCUT2D eigenvalue weighted by Crippen LogP contribution is 2.21. The van der Waals surface area contributed by atoms with Gasteiger partial charge in [-0.05, 0) is 12.1 Å². The zero-order valence-electron chi connectivity index (χ0n) is 14.2. The zero-order chi connectivity index (χ0) is 19.0. The van der Waals surface area contributed by atoms with Gasteiger partial charge in [0.15, 0.2) is 5.82 Å². The number of aliphatic hydroxyl groups is 1. The molecule has 1 atom stereocenters. The largest absolute Gasteiger partial charge is 0.465 e. The molecule has 1 aliphatic rings.